The zero-order valence-electron chi connectivity index (χ0n) is 9.94. The first-order valence-corrected chi connectivity index (χ1v) is 6.19. The van der Waals surface area contributed by atoms with Gasteiger partial charge in [-0.1, -0.05) is 6.58 Å². The van der Waals surface area contributed by atoms with Crippen molar-refractivity contribution in [1.82, 2.24) is 0 Å². The molecule has 4 rings (SSSR count). The van der Waals surface area contributed by atoms with Crippen LogP contribution in [0.1, 0.15) is 19.3 Å². The monoisotopic (exact) mass is 238 g/mol. The summed E-state index contributed by atoms with van der Waals surface area (Å²) >= 11 is 0. The molecular weight excluding hydrogens is 220 g/mol. The maximum absolute atomic E-state index is 5.37. The van der Waals surface area contributed by atoms with Crippen LogP contribution in [0, 0.1) is 0 Å². The van der Waals surface area contributed by atoms with Crippen LogP contribution in [-0.4, -0.2) is 38.0 Å². The molecule has 2 saturated heterocycles. The largest absolute Gasteiger partial charge is 0.346 e. The molecule has 0 bridgehead atoms. The fraction of sp³-hybridized carbons (Fsp3) is 0.692. The van der Waals surface area contributed by atoms with E-state index in [1.165, 1.54) is 0 Å². The molecule has 0 atom stereocenters. The smallest absolute Gasteiger partial charge is 0.208 e. The molecule has 4 heteroatoms. The number of ether oxygens (including phenoxy) is 4. The van der Waals surface area contributed by atoms with Gasteiger partial charge in [0, 0.05) is 6.42 Å². The minimum Gasteiger partial charge on any atom is -0.346 e. The SMILES string of the molecule is C1=CC12OCCCO2.C=C1CC12OCCCO2. The molecule has 0 radical (unpaired) electrons. The van der Waals surface area contributed by atoms with Crippen LogP contribution in [0.5, 0.6) is 0 Å². The summed E-state index contributed by atoms with van der Waals surface area (Å²) in [5, 5.41) is 0. The quantitative estimate of drug-likeness (QED) is 0.603. The zero-order chi connectivity index (χ0) is 11.8. The van der Waals surface area contributed by atoms with Gasteiger partial charge in [0.05, 0.1) is 26.4 Å². The molecule has 1 saturated carbocycles. The Labute approximate surface area is 101 Å². The standard InChI is InChI=1S/C7H10O2.C6H8O2/c1-6-5-7(6)8-3-2-4-9-7;1-4-7-6(2-3-6)8-5-1/h1-5H2;2-3H,1,4-5H2. The van der Waals surface area contributed by atoms with E-state index in [4.69, 9.17) is 18.9 Å². The summed E-state index contributed by atoms with van der Waals surface area (Å²) in [6.07, 6.45) is 6.84. The predicted octanol–water partition coefficient (Wildman–Crippen LogP) is 1.77. The lowest BCUT2D eigenvalue weighted by atomic mass is 10.4. The molecule has 17 heavy (non-hydrogen) atoms. The highest BCUT2D eigenvalue weighted by Crippen LogP contribution is 2.47. The Kier molecular flexibility index (Phi) is 2.83. The van der Waals surface area contributed by atoms with Gasteiger partial charge < -0.3 is 18.9 Å². The third-order valence-corrected chi connectivity index (χ3v) is 3.20. The van der Waals surface area contributed by atoms with Gasteiger partial charge in [-0.2, -0.15) is 0 Å². The topological polar surface area (TPSA) is 36.9 Å². The molecule has 4 nitrogen and oxygen atoms in total. The first kappa shape index (κ1) is 11.4. The van der Waals surface area contributed by atoms with Crippen LogP contribution in [0.2, 0.25) is 0 Å². The van der Waals surface area contributed by atoms with Crippen molar-refractivity contribution in [1.29, 1.82) is 0 Å². The van der Waals surface area contributed by atoms with Crippen molar-refractivity contribution in [2.24, 2.45) is 0 Å². The van der Waals surface area contributed by atoms with Crippen LogP contribution >= 0.6 is 0 Å². The fourth-order valence-electron chi connectivity index (χ4n) is 1.94. The summed E-state index contributed by atoms with van der Waals surface area (Å²) in [4.78, 5) is 0. The second-order valence-corrected chi connectivity index (χ2v) is 4.69. The summed E-state index contributed by atoms with van der Waals surface area (Å²) in [6, 6.07) is 0. The average Bonchev–Trinajstić information content (AvgIpc) is 3.24. The van der Waals surface area contributed by atoms with Crippen LogP contribution in [0.25, 0.3) is 0 Å². The molecule has 4 aliphatic rings. The molecule has 3 fully saturated rings. The Balaban J connectivity index is 0.000000107. The van der Waals surface area contributed by atoms with Gasteiger partial charge in [-0.25, -0.2) is 0 Å². The molecule has 0 aromatic rings. The van der Waals surface area contributed by atoms with Crippen molar-refractivity contribution in [2.45, 2.75) is 30.8 Å². The summed E-state index contributed by atoms with van der Waals surface area (Å²) in [7, 11) is 0. The van der Waals surface area contributed by atoms with E-state index in [1.54, 1.807) is 0 Å². The maximum Gasteiger partial charge on any atom is 0.208 e. The number of hydrogen-bond acceptors (Lipinski definition) is 4. The van der Waals surface area contributed by atoms with E-state index in [0.717, 1.165) is 51.3 Å². The van der Waals surface area contributed by atoms with Crippen molar-refractivity contribution < 1.29 is 18.9 Å². The summed E-state index contributed by atoms with van der Waals surface area (Å²) in [5.74, 6) is -0.628. The van der Waals surface area contributed by atoms with Crippen LogP contribution in [0.15, 0.2) is 24.3 Å². The third-order valence-electron chi connectivity index (χ3n) is 3.20. The van der Waals surface area contributed by atoms with E-state index < -0.39 is 0 Å². The number of rotatable bonds is 0. The molecule has 2 spiro atoms. The van der Waals surface area contributed by atoms with Gasteiger partial charge in [-0.15, -0.1) is 0 Å². The molecule has 0 amide bonds. The van der Waals surface area contributed by atoms with E-state index in [2.05, 4.69) is 6.58 Å². The Hall–Kier alpha value is -0.680. The van der Waals surface area contributed by atoms with Gasteiger partial charge in [0.2, 0.25) is 5.79 Å². The minimum atomic E-state index is -0.321. The highest BCUT2D eigenvalue weighted by molar-refractivity contribution is 5.28. The Morgan fingerprint density at radius 3 is 1.65 bits per heavy atom. The van der Waals surface area contributed by atoms with Gasteiger partial charge in [-0.05, 0) is 30.6 Å². The van der Waals surface area contributed by atoms with Crippen LogP contribution in [-0.2, 0) is 18.9 Å². The second-order valence-electron chi connectivity index (χ2n) is 4.69. The Morgan fingerprint density at radius 2 is 1.35 bits per heavy atom. The van der Waals surface area contributed by atoms with Crippen LogP contribution in [0.4, 0.5) is 0 Å². The average molecular weight is 238 g/mol. The molecular formula is C13H18O4. The van der Waals surface area contributed by atoms with Crippen LogP contribution < -0.4 is 0 Å². The summed E-state index contributed by atoms with van der Waals surface area (Å²) in [5.41, 5.74) is 1.10. The van der Waals surface area contributed by atoms with E-state index >= 15 is 0 Å². The van der Waals surface area contributed by atoms with Gasteiger partial charge in [0.25, 0.3) is 0 Å². The second kappa shape index (κ2) is 4.21. The maximum atomic E-state index is 5.37. The Bertz CT molecular complexity index is 327. The van der Waals surface area contributed by atoms with E-state index in [1.807, 2.05) is 12.2 Å². The van der Waals surface area contributed by atoms with E-state index in [-0.39, 0.29) is 11.6 Å². The first-order chi connectivity index (χ1) is 8.25. The molecule has 2 heterocycles. The number of hydrogen-bond donors (Lipinski definition) is 0. The zero-order valence-corrected chi connectivity index (χ0v) is 9.94. The summed E-state index contributed by atoms with van der Waals surface area (Å²) in [6.45, 7) is 7.14. The fourth-order valence-corrected chi connectivity index (χ4v) is 1.94. The van der Waals surface area contributed by atoms with Crippen molar-refractivity contribution in [3.05, 3.63) is 24.3 Å². The lowest BCUT2D eigenvalue weighted by Crippen LogP contribution is -2.27. The minimum absolute atomic E-state index is 0.307. The lowest BCUT2D eigenvalue weighted by molar-refractivity contribution is -0.191. The molecule has 0 N–H and O–H groups in total. The molecule has 94 valence electrons. The van der Waals surface area contributed by atoms with Gasteiger partial charge >= 0.3 is 0 Å². The molecule has 2 aliphatic heterocycles. The van der Waals surface area contributed by atoms with Crippen molar-refractivity contribution >= 4 is 0 Å². The predicted molar refractivity (Wildman–Crippen MR) is 61.4 cm³/mol. The third kappa shape index (κ3) is 2.45. The van der Waals surface area contributed by atoms with Crippen LogP contribution in [0.3, 0.4) is 0 Å². The van der Waals surface area contributed by atoms with E-state index in [9.17, 15) is 0 Å². The highest BCUT2D eigenvalue weighted by atomic mass is 16.7. The lowest BCUT2D eigenvalue weighted by Gasteiger charge is -2.22. The molecule has 0 unspecified atom stereocenters. The highest BCUT2D eigenvalue weighted by Gasteiger charge is 2.51. The Morgan fingerprint density at radius 1 is 0.882 bits per heavy atom. The normalized spacial score (nSPS) is 30.9. The van der Waals surface area contributed by atoms with Crippen molar-refractivity contribution in [3.8, 4) is 0 Å². The van der Waals surface area contributed by atoms with Gasteiger partial charge in [0.15, 0.2) is 5.79 Å². The summed E-state index contributed by atoms with van der Waals surface area (Å²) < 4.78 is 21.2. The molecule has 0 aromatic heterocycles. The van der Waals surface area contributed by atoms with Gasteiger partial charge in [0.1, 0.15) is 0 Å². The first-order valence-electron chi connectivity index (χ1n) is 6.19. The molecule has 2 aliphatic carbocycles. The van der Waals surface area contributed by atoms with Crippen molar-refractivity contribution in [3.63, 3.8) is 0 Å². The van der Waals surface area contributed by atoms with Crippen molar-refractivity contribution in [2.75, 3.05) is 26.4 Å². The van der Waals surface area contributed by atoms with E-state index in [0.29, 0.717) is 0 Å². The molecule has 0 aromatic carbocycles. The van der Waals surface area contributed by atoms with Gasteiger partial charge in [-0.3, -0.25) is 0 Å².